The molecule has 1 unspecified atom stereocenters. The van der Waals surface area contributed by atoms with E-state index in [2.05, 4.69) is 5.16 Å². The van der Waals surface area contributed by atoms with Crippen molar-refractivity contribution >= 4 is 5.91 Å². The van der Waals surface area contributed by atoms with Gasteiger partial charge in [-0.3, -0.25) is 4.79 Å². The Balaban J connectivity index is 1.40. The molecule has 1 atom stereocenters. The number of amides is 1. The lowest BCUT2D eigenvalue weighted by atomic mass is 9.85. The van der Waals surface area contributed by atoms with Gasteiger partial charge in [0.25, 0.3) is 5.91 Å². The van der Waals surface area contributed by atoms with E-state index in [9.17, 15) is 4.79 Å². The number of hydrogen-bond donors (Lipinski definition) is 0. The molecule has 19 heavy (non-hydrogen) atoms. The number of carbonyl (C=O) groups is 1. The molecule has 1 aromatic heterocycles. The van der Waals surface area contributed by atoms with Crippen LogP contribution in [0.3, 0.4) is 0 Å². The Hall–Kier alpha value is -1.36. The zero-order valence-corrected chi connectivity index (χ0v) is 10.9. The molecule has 1 aromatic rings. The Bertz CT molecular complexity index is 483. The highest BCUT2D eigenvalue weighted by Gasteiger charge is 2.40. The van der Waals surface area contributed by atoms with Crippen LogP contribution in [0.2, 0.25) is 0 Å². The lowest BCUT2D eigenvalue weighted by Crippen LogP contribution is -2.52. The summed E-state index contributed by atoms with van der Waals surface area (Å²) < 4.78 is 10.4. The van der Waals surface area contributed by atoms with Crippen LogP contribution in [0.5, 0.6) is 0 Å². The monoisotopic (exact) mass is 262 g/mol. The number of hydrogen-bond acceptors (Lipinski definition) is 4. The first-order chi connectivity index (χ1) is 9.33. The fourth-order valence-electron chi connectivity index (χ4n) is 3.13. The van der Waals surface area contributed by atoms with E-state index in [0.29, 0.717) is 23.3 Å². The summed E-state index contributed by atoms with van der Waals surface area (Å²) in [6.45, 7) is 3.48. The van der Waals surface area contributed by atoms with Gasteiger partial charge in [0.15, 0.2) is 0 Å². The molecular formula is C14H18N2O3. The maximum atomic E-state index is 12.4. The van der Waals surface area contributed by atoms with Crippen LogP contribution < -0.4 is 0 Å². The molecule has 3 aliphatic rings. The van der Waals surface area contributed by atoms with Gasteiger partial charge in [0.2, 0.25) is 0 Å². The Morgan fingerprint density at radius 1 is 1.26 bits per heavy atom. The maximum Gasteiger partial charge on any atom is 0.259 e. The lowest BCUT2D eigenvalue weighted by molar-refractivity contribution is 0.0340. The molecule has 4 rings (SSSR count). The molecule has 3 heterocycles. The number of likely N-dealkylation sites (tertiary alicyclic amines) is 1. The molecule has 5 nitrogen and oxygen atoms in total. The van der Waals surface area contributed by atoms with E-state index < -0.39 is 0 Å². The van der Waals surface area contributed by atoms with Crippen molar-refractivity contribution in [1.29, 1.82) is 0 Å². The highest BCUT2D eigenvalue weighted by Crippen LogP contribution is 2.41. The Morgan fingerprint density at radius 2 is 2.11 bits per heavy atom. The van der Waals surface area contributed by atoms with Crippen LogP contribution in [0.25, 0.3) is 0 Å². The first-order valence-corrected chi connectivity index (χ1v) is 7.14. The molecule has 0 N–H and O–H groups in total. The minimum atomic E-state index is 0.0957. The highest BCUT2D eigenvalue weighted by atomic mass is 16.5. The van der Waals surface area contributed by atoms with E-state index in [-0.39, 0.29) is 5.91 Å². The van der Waals surface area contributed by atoms with Crippen LogP contribution in [-0.4, -0.2) is 42.3 Å². The third-order valence-corrected chi connectivity index (χ3v) is 4.62. The Kier molecular flexibility index (Phi) is 2.62. The number of carbonyl (C=O) groups excluding carboxylic acids is 1. The number of ether oxygens (including phenoxy) is 1. The van der Waals surface area contributed by atoms with Crippen molar-refractivity contribution in [3.05, 3.63) is 17.5 Å². The van der Waals surface area contributed by atoms with Gasteiger partial charge in [0.05, 0.1) is 5.69 Å². The summed E-state index contributed by atoms with van der Waals surface area (Å²) in [4.78, 5) is 14.3. The molecular weight excluding hydrogens is 244 g/mol. The molecule has 5 heteroatoms. The quantitative estimate of drug-likeness (QED) is 0.831. The molecule has 0 bridgehead atoms. The normalized spacial score (nSPS) is 27.6. The van der Waals surface area contributed by atoms with Gasteiger partial charge in [-0.15, -0.1) is 0 Å². The van der Waals surface area contributed by atoms with E-state index in [1.54, 1.807) is 0 Å². The molecule has 1 amide bonds. The van der Waals surface area contributed by atoms with E-state index in [0.717, 1.165) is 51.3 Å². The molecule has 0 aromatic carbocycles. The van der Waals surface area contributed by atoms with Gasteiger partial charge in [-0.05, 0) is 31.1 Å². The average Bonchev–Trinajstić information content (AvgIpc) is 2.90. The van der Waals surface area contributed by atoms with Crippen molar-refractivity contribution < 1.29 is 14.1 Å². The minimum absolute atomic E-state index is 0.0957. The smallest absolute Gasteiger partial charge is 0.259 e. The van der Waals surface area contributed by atoms with Crippen LogP contribution in [0.15, 0.2) is 10.8 Å². The van der Waals surface area contributed by atoms with Crippen molar-refractivity contribution in [3.63, 3.8) is 0 Å². The van der Waals surface area contributed by atoms with Gasteiger partial charge in [-0.1, -0.05) is 5.16 Å². The van der Waals surface area contributed by atoms with Gasteiger partial charge in [-0.2, -0.15) is 0 Å². The summed E-state index contributed by atoms with van der Waals surface area (Å²) in [5.74, 6) is 1.82. The number of aromatic nitrogens is 1. The van der Waals surface area contributed by atoms with Crippen LogP contribution in [0, 0.1) is 11.8 Å². The second-order valence-corrected chi connectivity index (χ2v) is 5.98. The minimum Gasteiger partial charge on any atom is -0.381 e. The van der Waals surface area contributed by atoms with Crippen molar-refractivity contribution in [3.8, 4) is 0 Å². The topological polar surface area (TPSA) is 55.6 Å². The van der Waals surface area contributed by atoms with Crippen molar-refractivity contribution in [2.45, 2.75) is 25.2 Å². The number of rotatable bonds is 3. The van der Waals surface area contributed by atoms with Crippen molar-refractivity contribution in [1.82, 2.24) is 10.1 Å². The summed E-state index contributed by atoms with van der Waals surface area (Å²) in [6.07, 6.45) is 4.93. The van der Waals surface area contributed by atoms with Crippen LogP contribution >= 0.6 is 0 Å². The molecule has 1 saturated carbocycles. The number of nitrogens with zero attached hydrogens (tertiary/aromatic N) is 2. The molecule has 2 aliphatic heterocycles. The predicted octanol–water partition coefficient (Wildman–Crippen LogP) is 1.66. The summed E-state index contributed by atoms with van der Waals surface area (Å²) in [5, 5.41) is 3.99. The molecule has 3 fully saturated rings. The lowest BCUT2D eigenvalue weighted by Gasteiger charge is -2.42. The molecule has 102 valence electrons. The van der Waals surface area contributed by atoms with Gasteiger partial charge >= 0.3 is 0 Å². The molecule has 2 saturated heterocycles. The first-order valence-electron chi connectivity index (χ1n) is 7.14. The van der Waals surface area contributed by atoms with Crippen molar-refractivity contribution in [2.24, 2.45) is 11.8 Å². The second-order valence-electron chi connectivity index (χ2n) is 5.98. The first kappa shape index (κ1) is 11.5. The van der Waals surface area contributed by atoms with Crippen molar-refractivity contribution in [2.75, 3.05) is 26.3 Å². The van der Waals surface area contributed by atoms with Gasteiger partial charge in [0.1, 0.15) is 11.8 Å². The predicted molar refractivity (Wildman–Crippen MR) is 66.8 cm³/mol. The zero-order chi connectivity index (χ0) is 12.8. The van der Waals surface area contributed by atoms with E-state index >= 15 is 0 Å². The Morgan fingerprint density at radius 3 is 2.79 bits per heavy atom. The fourth-order valence-corrected chi connectivity index (χ4v) is 3.13. The highest BCUT2D eigenvalue weighted by molar-refractivity contribution is 5.95. The SMILES string of the molecule is O=C(c1conc1C1CC1)N1CC(C2CCOC2)C1. The van der Waals surface area contributed by atoms with Crippen LogP contribution in [-0.2, 0) is 4.74 Å². The van der Waals surface area contributed by atoms with E-state index in [1.165, 1.54) is 6.26 Å². The summed E-state index contributed by atoms with van der Waals surface area (Å²) in [7, 11) is 0. The molecule has 0 spiro atoms. The van der Waals surface area contributed by atoms with Crippen LogP contribution in [0.4, 0.5) is 0 Å². The van der Waals surface area contributed by atoms with Gasteiger partial charge in [0, 0.05) is 32.2 Å². The summed E-state index contributed by atoms with van der Waals surface area (Å²) >= 11 is 0. The molecule has 1 aliphatic carbocycles. The molecule has 0 radical (unpaired) electrons. The van der Waals surface area contributed by atoms with Gasteiger partial charge < -0.3 is 14.2 Å². The zero-order valence-electron chi connectivity index (χ0n) is 10.9. The van der Waals surface area contributed by atoms with Crippen LogP contribution in [0.1, 0.15) is 41.2 Å². The standard InChI is InChI=1S/C14H18N2O3/c17-14(12-8-19-15-13(12)9-1-2-9)16-5-11(6-16)10-3-4-18-7-10/h8-11H,1-7H2. The summed E-state index contributed by atoms with van der Waals surface area (Å²) in [6, 6.07) is 0. The van der Waals surface area contributed by atoms with Gasteiger partial charge in [-0.25, -0.2) is 0 Å². The third-order valence-electron chi connectivity index (χ3n) is 4.62. The van der Waals surface area contributed by atoms with E-state index in [4.69, 9.17) is 9.26 Å². The fraction of sp³-hybridized carbons (Fsp3) is 0.714. The Labute approximate surface area is 111 Å². The third kappa shape index (κ3) is 1.96. The maximum absolute atomic E-state index is 12.4. The largest absolute Gasteiger partial charge is 0.381 e. The second kappa shape index (κ2) is 4.34. The average molecular weight is 262 g/mol. The van der Waals surface area contributed by atoms with E-state index in [1.807, 2.05) is 4.90 Å². The summed E-state index contributed by atoms with van der Waals surface area (Å²) in [5.41, 5.74) is 1.56.